The Morgan fingerprint density at radius 2 is 2.25 bits per heavy atom. The van der Waals surface area contributed by atoms with Gasteiger partial charge < -0.3 is 10.5 Å². The second-order valence-electron chi connectivity index (χ2n) is 4.75. The molecule has 0 saturated carbocycles. The van der Waals surface area contributed by atoms with E-state index in [4.69, 9.17) is 15.7 Å². The highest BCUT2D eigenvalue weighted by molar-refractivity contribution is 5.51. The molecular weight excluding hydrogens is 258 g/mol. The predicted octanol–water partition coefficient (Wildman–Crippen LogP) is 2.69. The average Bonchev–Trinajstić information content (AvgIpc) is 2.43. The first kappa shape index (κ1) is 15.9. The lowest BCUT2D eigenvalue weighted by atomic mass is 9.94. The first-order valence-corrected chi connectivity index (χ1v) is 6.50. The van der Waals surface area contributed by atoms with Crippen LogP contribution in [0.5, 0.6) is 5.75 Å². The molecule has 1 unspecified atom stereocenters. The number of nitro benzene ring substituents is 1. The number of nitro groups is 1. The van der Waals surface area contributed by atoms with Gasteiger partial charge in [-0.3, -0.25) is 10.1 Å². The van der Waals surface area contributed by atoms with Gasteiger partial charge in [0.2, 0.25) is 0 Å². The van der Waals surface area contributed by atoms with Gasteiger partial charge in [0.05, 0.1) is 17.6 Å². The minimum atomic E-state index is -0.845. The second kappa shape index (κ2) is 6.87. The summed E-state index contributed by atoms with van der Waals surface area (Å²) in [6.07, 6.45) is 1.64. The van der Waals surface area contributed by atoms with Crippen LogP contribution >= 0.6 is 0 Å². The Kier molecular flexibility index (Phi) is 5.47. The molecule has 20 heavy (non-hydrogen) atoms. The molecule has 0 aliphatic carbocycles. The van der Waals surface area contributed by atoms with Crippen molar-refractivity contribution < 1.29 is 9.66 Å². The van der Waals surface area contributed by atoms with Crippen LogP contribution in [0.1, 0.15) is 31.7 Å². The Hall–Kier alpha value is -2.13. The molecule has 0 amide bonds. The summed E-state index contributed by atoms with van der Waals surface area (Å²) in [4.78, 5) is 10.5. The van der Waals surface area contributed by atoms with Crippen molar-refractivity contribution in [1.82, 2.24) is 0 Å². The van der Waals surface area contributed by atoms with Crippen molar-refractivity contribution in [1.29, 1.82) is 5.26 Å². The lowest BCUT2D eigenvalue weighted by Crippen LogP contribution is -2.37. The van der Waals surface area contributed by atoms with Gasteiger partial charge >= 0.3 is 5.69 Å². The van der Waals surface area contributed by atoms with Crippen LogP contribution in [0.3, 0.4) is 0 Å². The van der Waals surface area contributed by atoms with Gasteiger partial charge in [0.1, 0.15) is 5.54 Å². The zero-order chi connectivity index (χ0) is 15.2. The van der Waals surface area contributed by atoms with Crippen molar-refractivity contribution in [2.75, 3.05) is 6.61 Å². The molecule has 2 N–H and O–H groups in total. The van der Waals surface area contributed by atoms with E-state index in [1.807, 2.05) is 6.92 Å². The summed E-state index contributed by atoms with van der Waals surface area (Å²) in [6.45, 7) is 3.82. The zero-order valence-corrected chi connectivity index (χ0v) is 11.8. The van der Waals surface area contributed by atoms with Crippen LogP contribution in [0.2, 0.25) is 0 Å². The minimum Gasteiger partial charge on any atom is -0.487 e. The van der Waals surface area contributed by atoms with E-state index in [9.17, 15) is 10.1 Å². The number of hydrogen-bond donors (Lipinski definition) is 1. The summed E-state index contributed by atoms with van der Waals surface area (Å²) in [5.41, 5.74) is 5.56. The molecule has 1 aromatic carbocycles. The SMILES string of the molecule is CCC(N)(C#N)CCCOc1cccc(C)c1[N+](=O)[O-]. The molecule has 0 aliphatic heterocycles. The highest BCUT2D eigenvalue weighted by atomic mass is 16.6. The Morgan fingerprint density at radius 3 is 2.80 bits per heavy atom. The van der Waals surface area contributed by atoms with E-state index in [0.717, 1.165) is 0 Å². The number of para-hydroxylation sites is 1. The average molecular weight is 277 g/mol. The molecule has 0 spiro atoms. The molecule has 1 aromatic rings. The monoisotopic (exact) mass is 277 g/mol. The fourth-order valence-corrected chi connectivity index (χ4v) is 1.86. The summed E-state index contributed by atoms with van der Waals surface area (Å²) in [5, 5.41) is 19.9. The van der Waals surface area contributed by atoms with Gasteiger partial charge in [-0.1, -0.05) is 19.1 Å². The van der Waals surface area contributed by atoms with Gasteiger partial charge in [-0.25, -0.2) is 0 Å². The maximum Gasteiger partial charge on any atom is 0.313 e. The van der Waals surface area contributed by atoms with Crippen LogP contribution in [-0.2, 0) is 0 Å². The number of nitriles is 1. The number of aryl methyl sites for hydroxylation is 1. The molecule has 0 aromatic heterocycles. The number of nitrogens with zero attached hydrogens (tertiary/aromatic N) is 2. The van der Waals surface area contributed by atoms with Gasteiger partial charge in [-0.2, -0.15) is 5.26 Å². The van der Waals surface area contributed by atoms with Crippen molar-refractivity contribution in [2.24, 2.45) is 5.73 Å². The van der Waals surface area contributed by atoms with Crippen LogP contribution in [0.4, 0.5) is 5.69 Å². The van der Waals surface area contributed by atoms with E-state index in [-0.39, 0.29) is 11.4 Å². The van der Waals surface area contributed by atoms with Crippen molar-refractivity contribution in [3.63, 3.8) is 0 Å². The number of nitrogens with two attached hydrogens (primary N) is 1. The van der Waals surface area contributed by atoms with E-state index >= 15 is 0 Å². The maximum absolute atomic E-state index is 11.0. The molecule has 0 saturated heterocycles. The molecule has 6 nitrogen and oxygen atoms in total. The first-order chi connectivity index (χ1) is 9.43. The fraction of sp³-hybridized carbons (Fsp3) is 0.500. The highest BCUT2D eigenvalue weighted by Crippen LogP contribution is 2.30. The second-order valence-corrected chi connectivity index (χ2v) is 4.75. The molecule has 6 heteroatoms. The lowest BCUT2D eigenvalue weighted by molar-refractivity contribution is -0.386. The third kappa shape index (κ3) is 3.93. The summed E-state index contributed by atoms with van der Waals surface area (Å²) in [6, 6.07) is 7.04. The summed E-state index contributed by atoms with van der Waals surface area (Å²) in [5.74, 6) is 0.256. The third-order valence-electron chi connectivity index (χ3n) is 3.26. The summed E-state index contributed by atoms with van der Waals surface area (Å²) in [7, 11) is 0. The summed E-state index contributed by atoms with van der Waals surface area (Å²) < 4.78 is 5.46. The van der Waals surface area contributed by atoms with E-state index < -0.39 is 10.5 Å². The Bertz CT molecular complexity index is 525. The molecule has 1 rings (SSSR count). The Labute approximate surface area is 118 Å². The van der Waals surface area contributed by atoms with E-state index in [1.54, 1.807) is 25.1 Å². The zero-order valence-electron chi connectivity index (χ0n) is 11.8. The Balaban J connectivity index is 2.62. The van der Waals surface area contributed by atoms with Crippen molar-refractivity contribution >= 4 is 5.69 Å². The van der Waals surface area contributed by atoms with Crippen molar-refractivity contribution in [3.05, 3.63) is 33.9 Å². The first-order valence-electron chi connectivity index (χ1n) is 6.50. The van der Waals surface area contributed by atoms with Crippen LogP contribution < -0.4 is 10.5 Å². The number of hydrogen-bond acceptors (Lipinski definition) is 5. The molecule has 0 aliphatic rings. The van der Waals surface area contributed by atoms with E-state index in [2.05, 4.69) is 6.07 Å². The number of rotatable bonds is 7. The van der Waals surface area contributed by atoms with Crippen molar-refractivity contribution in [3.8, 4) is 11.8 Å². The van der Waals surface area contributed by atoms with Crippen LogP contribution in [0, 0.1) is 28.4 Å². The number of ether oxygens (including phenoxy) is 1. The van der Waals surface area contributed by atoms with Crippen LogP contribution in [0.15, 0.2) is 18.2 Å². The van der Waals surface area contributed by atoms with Gasteiger partial charge in [-0.15, -0.1) is 0 Å². The Morgan fingerprint density at radius 1 is 1.55 bits per heavy atom. The molecule has 0 heterocycles. The highest BCUT2D eigenvalue weighted by Gasteiger charge is 2.22. The molecule has 108 valence electrons. The summed E-state index contributed by atoms with van der Waals surface area (Å²) >= 11 is 0. The van der Waals surface area contributed by atoms with Gasteiger partial charge in [-0.05, 0) is 32.3 Å². The molecule has 1 atom stereocenters. The fourth-order valence-electron chi connectivity index (χ4n) is 1.86. The number of benzene rings is 1. The largest absolute Gasteiger partial charge is 0.487 e. The topological polar surface area (TPSA) is 102 Å². The smallest absolute Gasteiger partial charge is 0.313 e. The quantitative estimate of drug-likeness (QED) is 0.469. The standard InChI is InChI=1S/C14H19N3O3/c1-3-14(16,10-15)8-5-9-20-12-7-4-6-11(2)13(12)17(18)19/h4,6-7H,3,5,8-9,16H2,1-2H3. The molecule has 0 bridgehead atoms. The normalized spacial score (nSPS) is 13.3. The predicted molar refractivity (Wildman–Crippen MR) is 75.4 cm³/mol. The van der Waals surface area contributed by atoms with Gasteiger partial charge in [0.15, 0.2) is 5.75 Å². The third-order valence-corrected chi connectivity index (χ3v) is 3.26. The van der Waals surface area contributed by atoms with Crippen LogP contribution in [0.25, 0.3) is 0 Å². The van der Waals surface area contributed by atoms with Crippen LogP contribution in [-0.4, -0.2) is 17.1 Å². The van der Waals surface area contributed by atoms with Gasteiger partial charge in [0, 0.05) is 5.56 Å². The molecule has 0 fully saturated rings. The van der Waals surface area contributed by atoms with E-state index in [1.165, 1.54) is 0 Å². The lowest BCUT2D eigenvalue weighted by Gasteiger charge is -2.18. The minimum absolute atomic E-state index is 0.0118. The molecule has 0 radical (unpaired) electrons. The van der Waals surface area contributed by atoms with Crippen molar-refractivity contribution in [2.45, 2.75) is 38.6 Å². The maximum atomic E-state index is 11.0. The van der Waals surface area contributed by atoms with Gasteiger partial charge in [0.25, 0.3) is 0 Å². The molecular formula is C14H19N3O3. The van der Waals surface area contributed by atoms with E-state index in [0.29, 0.717) is 31.4 Å².